The van der Waals surface area contributed by atoms with Crippen molar-refractivity contribution in [3.63, 3.8) is 0 Å². The fourth-order valence-corrected chi connectivity index (χ4v) is 1.49. The first kappa shape index (κ1) is 11.5. The van der Waals surface area contributed by atoms with Crippen molar-refractivity contribution in [1.82, 2.24) is 0 Å². The molecule has 0 aliphatic heterocycles. The number of nitrogens with one attached hydrogen (secondary N) is 2. The molecule has 0 saturated heterocycles. The largest absolute Gasteiger partial charge is 0.279 e. The van der Waals surface area contributed by atoms with Gasteiger partial charge in [-0.25, -0.2) is 14.7 Å². The number of aromatic nitrogens is 1. The van der Waals surface area contributed by atoms with Crippen molar-refractivity contribution in [1.29, 1.82) is 0 Å². The van der Waals surface area contributed by atoms with Gasteiger partial charge in [0.25, 0.3) is 5.82 Å². The summed E-state index contributed by atoms with van der Waals surface area (Å²) in [4.78, 5) is 13.2. The molecule has 0 spiro atoms. The maximum absolute atomic E-state index is 12.9. The molecular weight excluding hydrogens is 245 g/mol. The van der Waals surface area contributed by atoms with Crippen LogP contribution in [-0.2, 0) is 0 Å². The van der Waals surface area contributed by atoms with Crippen LogP contribution in [0.5, 0.6) is 0 Å². The highest BCUT2D eigenvalue weighted by atomic mass is 35.5. The molecule has 1 aromatic carbocycles. The van der Waals surface area contributed by atoms with Gasteiger partial charge in [-0.3, -0.25) is 0 Å². The van der Waals surface area contributed by atoms with Gasteiger partial charge < -0.3 is 0 Å². The molecule has 0 saturated carbocycles. The van der Waals surface area contributed by atoms with Crippen molar-refractivity contribution in [2.45, 2.75) is 0 Å². The van der Waals surface area contributed by atoms with Crippen LogP contribution in [0, 0.1) is 10.7 Å². The molecule has 1 aromatic heterocycles. The first-order valence-electron chi connectivity index (χ1n) is 4.76. The van der Waals surface area contributed by atoms with Crippen molar-refractivity contribution in [2.75, 3.05) is 5.32 Å². The smallest absolute Gasteiger partial charge is 0.247 e. The van der Waals surface area contributed by atoms with Gasteiger partial charge in [0, 0.05) is 12.1 Å². The fourth-order valence-electron chi connectivity index (χ4n) is 1.31. The number of benzene rings is 1. The van der Waals surface area contributed by atoms with E-state index in [0.717, 1.165) is 0 Å². The Bertz CT molecular complexity index is 562. The molecule has 0 unspecified atom stereocenters. The normalized spacial score (nSPS) is 10.0. The molecule has 1 heterocycles. The third kappa shape index (κ3) is 2.76. The van der Waals surface area contributed by atoms with Crippen LogP contribution in [0.25, 0.3) is 0 Å². The summed E-state index contributed by atoms with van der Waals surface area (Å²) in [6.45, 7) is 0. The summed E-state index contributed by atoms with van der Waals surface area (Å²) in [5.74, 6) is 0.0780. The number of nitroso groups, excluding NO2 is 1. The van der Waals surface area contributed by atoms with Crippen molar-refractivity contribution in [3.05, 3.63) is 52.3 Å². The predicted octanol–water partition coefficient (Wildman–Crippen LogP) is 3.43. The minimum absolute atomic E-state index is 0.0275. The molecule has 17 heavy (non-hydrogen) atoms. The van der Waals surface area contributed by atoms with Gasteiger partial charge in [0.15, 0.2) is 0 Å². The van der Waals surface area contributed by atoms with Gasteiger partial charge in [0.1, 0.15) is 17.2 Å². The predicted molar refractivity (Wildman–Crippen MR) is 63.1 cm³/mol. The Balaban J connectivity index is 2.24. The molecule has 0 aliphatic rings. The lowest BCUT2D eigenvalue weighted by Gasteiger charge is -1.99. The topological polar surface area (TPSA) is 55.6 Å². The van der Waals surface area contributed by atoms with E-state index in [9.17, 15) is 9.30 Å². The molecule has 4 nitrogen and oxygen atoms in total. The number of anilines is 2. The number of aromatic amines is 1. The lowest BCUT2D eigenvalue weighted by atomic mass is 10.3. The van der Waals surface area contributed by atoms with Crippen molar-refractivity contribution >= 4 is 28.8 Å². The summed E-state index contributed by atoms with van der Waals surface area (Å²) < 4.78 is 12.9. The quantitative estimate of drug-likeness (QED) is 0.851. The maximum Gasteiger partial charge on any atom is 0.279 e. The van der Waals surface area contributed by atoms with E-state index in [4.69, 9.17) is 11.6 Å². The van der Waals surface area contributed by atoms with Crippen LogP contribution in [0.2, 0.25) is 5.02 Å². The molecule has 6 heteroatoms. The van der Waals surface area contributed by atoms with Gasteiger partial charge >= 0.3 is 0 Å². The van der Waals surface area contributed by atoms with Crippen LogP contribution < -0.4 is 10.3 Å². The van der Waals surface area contributed by atoms with E-state index in [1.807, 2.05) is 0 Å². The molecule has 0 amide bonds. The van der Waals surface area contributed by atoms with E-state index < -0.39 is 5.82 Å². The standard InChI is InChI=1S/C11H7ClFN3O/c12-9-5-7(1-2-10(9)13)15-11-6-8(16-17)3-4-14-11/h1-6H,(H,14,15)/p+1. The second-order valence-electron chi connectivity index (χ2n) is 3.31. The first-order valence-corrected chi connectivity index (χ1v) is 5.14. The molecule has 0 atom stereocenters. The number of pyridine rings is 1. The number of rotatable bonds is 3. The van der Waals surface area contributed by atoms with Crippen molar-refractivity contribution in [2.24, 2.45) is 5.18 Å². The lowest BCUT2D eigenvalue weighted by molar-refractivity contribution is -0.360. The third-order valence-electron chi connectivity index (χ3n) is 2.09. The molecule has 0 bridgehead atoms. The van der Waals surface area contributed by atoms with Crippen LogP contribution in [0.15, 0.2) is 41.7 Å². The van der Waals surface area contributed by atoms with Crippen molar-refractivity contribution < 1.29 is 9.37 Å². The Morgan fingerprint density at radius 2 is 2.12 bits per heavy atom. The zero-order valence-electron chi connectivity index (χ0n) is 8.58. The Morgan fingerprint density at radius 1 is 1.29 bits per heavy atom. The SMILES string of the molecule is O=Nc1cc[nH+]c(Nc2ccc(F)c(Cl)c2)c1. The minimum atomic E-state index is -0.482. The van der Waals surface area contributed by atoms with E-state index in [1.165, 1.54) is 30.3 Å². The van der Waals surface area contributed by atoms with Gasteiger partial charge in [-0.05, 0) is 17.3 Å². The summed E-state index contributed by atoms with van der Waals surface area (Å²) in [5, 5.41) is 5.78. The summed E-state index contributed by atoms with van der Waals surface area (Å²) in [6, 6.07) is 7.31. The van der Waals surface area contributed by atoms with E-state index >= 15 is 0 Å². The summed E-state index contributed by atoms with van der Waals surface area (Å²) >= 11 is 5.64. The maximum atomic E-state index is 12.9. The Hall–Kier alpha value is -2.01. The van der Waals surface area contributed by atoms with Crippen molar-refractivity contribution in [3.8, 4) is 0 Å². The number of halogens is 2. The monoisotopic (exact) mass is 252 g/mol. The lowest BCUT2D eigenvalue weighted by Crippen LogP contribution is -2.08. The van der Waals surface area contributed by atoms with E-state index in [2.05, 4.69) is 15.5 Å². The summed E-state index contributed by atoms with van der Waals surface area (Å²) in [6.07, 6.45) is 1.57. The molecule has 2 aromatic rings. The number of H-pyrrole nitrogens is 1. The summed E-state index contributed by atoms with van der Waals surface area (Å²) in [5.41, 5.74) is 0.898. The average Bonchev–Trinajstić information content (AvgIpc) is 2.34. The molecule has 86 valence electrons. The highest BCUT2D eigenvalue weighted by Crippen LogP contribution is 2.22. The zero-order chi connectivity index (χ0) is 12.3. The van der Waals surface area contributed by atoms with E-state index in [-0.39, 0.29) is 5.02 Å². The third-order valence-corrected chi connectivity index (χ3v) is 2.38. The number of hydrogen-bond donors (Lipinski definition) is 1. The second kappa shape index (κ2) is 4.88. The highest BCUT2D eigenvalue weighted by molar-refractivity contribution is 6.31. The Labute approximate surface area is 101 Å². The summed E-state index contributed by atoms with van der Waals surface area (Å²) in [7, 11) is 0. The minimum Gasteiger partial charge on any atom is -0.247 e. The molecule has 2 N–H and O–H groups in total. The highest BCUT2D eigenvalue weighted by Gasteiger charge is 2.07. The number of hydrogen-bond acceptors (Lipinski definition) is 3. The van der Waals surface area contributed by atoms with Gasteiger partial charge in [-0.15, -0.1) is 4.91 Å². The van der Waals surface area contributed by atoms with Gasteiger partial charge in [0.2, 0.25) is 0 Å². The van der Waals surface area contributed by atoms with Gasteiger partial charge in [-0.2, -0.15) is 0 Å². The fraction of sp³-hybridized carbons (Fsp3) is 0. The zero-order valence-corrected chi connectivity index (χ0v) is 9.33. The van der Waals surface area contributed by atoms with Crippen LogP contribution >= 0.6 is 11.6 Å². The molecule has 0 radical (unpaired) electrons. The Morgan fingerprint density at radius 3 is 2.82 bits per heavy atom. The van der Waals surface area contributed by atoms with Gasteiger partial charge in [0.05, 0.1) is 17.3 Å². The van der Waals surface area contributed by atoms with Crippen LogP contribution in [-0.4, -0.2) is 0 Å². The number of nitrogens with zero attached hydrogens (tertiary/aromatic N) is 1. The molecular formula is C11H8ClFN3O+. The molecule has 2 rings (SSSR count). The first-order chi connectivity index (χ1) is 8.19. The van der Waals surface area contributed by atoms with Gasteiger partial charge in [-0.1, -0.05) is 11.6 Å². The van der Waals surface area contributed by atoms with E-state index in [1.54, 1.807) is 6.20 Å². The van der Waals surface area contributed by atoms with Crippen LogP contribution in [0.3, 0.4) is 0 Å². The molecule has 0 aliphatic carbocycles. The molecule has 0 fully saturated rings. The Kier molecular flexibility index (Phi) is 3.30. The van der Waals surface area contributed by atoms with Crippen LogP contribution in [0.4, 0.5) is 21.6 Å². The average molecular weight is 253 g/mol. The second-order valence-corrected chi connectivity index (χ2v) is 3.71. The van der Waals surface area contributed by atoms with E-state index in [0.29, 0.717) is 17.2 Å². The van der Waals surface area contributed by atoms with Crippen LogP contribution in [0.1, 0.15) is 0 Å².